The van der Waals surface area contributed by atoms with Gasteiger partial charge in [-0.05, 0) is 23.8 Å². The van der Waals surface area contributed by atoms with Crippen LogP contribution >= 0.6 is 15.9 Å². The number of hydrogen-bond acceptors (Lipinski definition) is 3. The van der Waals surface area contributed by atoms with Crippen molar-refractivity contribution >= 4 is 21.6 Å². The number of rotatable bonds is 4. The molecule has 0 fully saturated rings. The molecule has 1 heterocycles. The van der Waals surface area contributed by atoms with Gasteiger partial charge in [0, 0.05) is 41.7 Å². The summed E-state index contributed by atoms with van der Waals surface area (Å²) in [6.07, 6.45) is 3.44. The van der Waals surface area contributed by atoms with Crippen LogP contribution in [0, 0.1) is 0 Å². The average molecular weight is 307 g/mol. The van der Waals surface area contributed by atoms with Crippen molar-refractivity contribution < 1.29 is 5.11 Å². The van der Waals surface area contributed by atoms with E-state index < -0.39 is 0 Å². The highest BCUT2D eigenvalue weighted by Crippen LogP contribution is 2.20. The minimum atomic E-state index is 0.00779. The lowest BCUT2D eigenvalue weighted by Gasteiger charge is -2.21. The first-order valence-corrected chi connectivity index (χ1v) is 6.49. The highest BCUT2D eigenvalue weighted by molar-refractivity contribution is 9.10. The Morgan fingerprint density at radius 2 is 1.94 bits per heavy atom. The molecule has 0 radical (unpaired) electrons. The van der Waals surface area contributed by atoms with Crippen LogP contribution < -0.4 is 4.90 Å². The van der Waals surface area contributed by atoms with Crippen molar-refractivity contribution in [1.82, 2.24) is 4.98 Å². The van der Waals surface area contributed by atoms with Gasteiger partial charge in [0.05, 0.1) is 6.61 Å². The summed E-state index contributed by atoms with van der Waals surface area (Å²) in [6, 6.07) is 10.1. The van der Waals surface area contributed by atoms with Crippen molar-refractivity contribution in [3.05, 3.63) is 58.3 Å². The van der Waals surface area contributed by atoms with E-state index in [9.17, 15) is 5.11 Å². The number of aliphatic hydroxyl groups is 1. The number of halogens is 1. The molecule has 1 N–H and O–H groups in total. The van der Waals surface area contributed by atoms with Gasteiger partial charge in [-0.25, -0.2) is 0 Å². The summed E-state index contributed by atoms with van der Waals surface area (Å²) in [5.41, 5.74) is 3.08. The summed E-state index contributed by atoms with van der Waals surface area (Å²) in [5.74, 6) is 0. The van der Waals surface area contributed by atoms with Gasteiger partial charge in [-0.1, -0.05) is 28.1 Å². The third kappa shape index (κ3) is 3.09. The maximum atomic E-state index is 9.30. The van der Waals surface area contributed by atoms with Crippen LogP contribution in [-0.2, 0) is 13.2 Å². The minimum absolute atomic E-state index is 0.00779. The molecular weight excluding hydrogens is 292 g/mol. The Hall–Kier alpha value is -1.39. The lowest BCUT2D eigenvalue weighted by Crippen LogP contribution is -2.18. The van der Waals surface area contributed by atoms with E-state index in [0.717, 1.165) is 22.3 Å². The third-order valence-electron chi connectivity index (χ3n) is 2.79. The fraction of sp³-hybridized carbons (Fsp3) is 0.214. The monoisotopic (exact) mass is 306 g/mol. The minimum Gasteiger partial charge on any atom is -0.392 e. The molecule has 2 rings (SSSR count). The van der Waals surface area contributed by atoms with Crippen molar-refractivity contribution in [2.24, 2.45) is 0 Å². The van der Waals surface area contributed by atoms with E-state index in [1.54, 1.807) is 12.4 Å². The molecule has 0 unspecified atom stereocenters. The Balaban J connectivity index is 2.16. The molecule has 0 aliphatic heterocycles. The molecule has 4 heteroatoms. The Morgan fingerprint density at radius 1 is 1.22 bits per heavy atom. The van der Waals surface area contributed by atoms with E-state index >= 15 is 0 Å². The van der Waals surface area contributed by atoms with E-state index in [1.807, 2.05) is 25.2 Å². The first-order chi connectivity index (χ1) is 8.70. The van der Waals surface area contributed by atoms with Crippen molar-refractivity contribution in [3.63, 3.8) is 0 Å². The average Bonchev–Trinajstić information content (AvgIpc) is 2.41. The highest BCUT2D eigenvalue weighted by Gasteiger charge is 2.07. The van der Waals surface area contributed by atoms with Crippen LogP contribution in [0.5, 0.6) is 0 Å². The summed E-state index contributed by atoms with van der Waals surface area (Å²) >= 11 is 3.42. The summed E-state index contributed by atoms with van der Waals surface area (Å²) in [7, 11) is 2.01. The van der Waals surface area contributed by atoms with Gasteiger partial charge < -0.3 is 10.0 Å². The number of hydrogen-bond donors (Lipinski definition) is 1. The van der Waals surface area contributed by atoms with Gasteiger partial charge in [-0.15, -0.1) is 0 Å². The Bertz CT molecular complexity index is 513. The predicted octanol–water partition coefficient (Wildman–Crippen LogP) is 2.97. The summed E-state index contributed by atoms with van der Waals surface area (Å²) in [5, 5.41) is 9.30. The zero-order valence-electron chi connectivity index (χ0n) is 10.2. The molecule has 0 spiro atoms. The topological polar surface area (TPSA) is 36.4 Å². The Kier molecular flexibility index (Phi) is 4.33. The van der Waals surface area contributed by atoms with E-state index in [4.69, 9.17) is 0 Å². The molecule has 1 aromatic carbocycles. The van der Waals surface area contributed by atoms with E-state index in [2.05, 4.69) is 37.9 Å². The highest BCUT2D eigenvalue weighted by atomic mass is 79.9. The number of nitrogens with zero attached hydrogens (tertiary/aromatic N) is 2. The number of aromatic nitrogens is 1. The van der Waals surface area contributed by atoms with Crippen molar-refractivity contribution in [2.75, 3.05) is 11.9 Å². The Morgan fingerprint density at radius 3 is 2.61 bits per heavy atom. The fourth-order valence-electron chi connectivity index (χ4n) is 1.86. The maximum Gasteiger partial charge on any atom is 0.0717 e. The molecule has 0 saturated carbocycles. The van der Waals surface area contributed by atoms with Gasteiger partial charge in [-0.2, -0.15) is 0 Å². The predicted molar refractivity (Wildman–Crippen MR) is 76.4 cm³/mol. The fourth-order valence-corrected chi connectivity index (χ4v) is 2.13. The molecule has 3 nitrogen and oxygen atoms in total. The van der Waals surface area contributed by atoms with Gasteiger partial charge >= 0.3 is 0 Å². The number of benzene rings is 1. The molecule has 0 saturated heterocycles. The summed E-state index contributed by atoms with van der Waals surface area (Å²) in [6.45, 7) is 0.804. The van der Waals surface area contributed by atoms with Gasteiger partial charge in [0.1, 0.15) is 0 Å². The lowest BCUT2D eigenvalue weighted by molar-refractivity contribution is 0.281. The molecule has 0 amide bonds. The molecule has 0 aliphatic rings. The number of pyridine rings is 1. The van der Waals surface area contributed by atoms with Gasteiger partial charge in [-0.3, -0.25) is 4.98 Å². The standard InChI is InChI=1S/C14H15BrN2O/c1-17(9-11-2-4-13(15)5-3-11)14-6-7-16-8-12(14)10-18/h2-8,18H,9-10H2,1H3. The van der Waals surface area contributed by atoms with Crippen LogP contribution in [-0.4, -0.2) is 17.1 Å². The molecule has 1 aromatic heterocycles. The van der Waals surface area contributed by atoms with Crippen LogP contribution in [0.15, 0.2) is 47.2 Å². The van der Waals surface area contributed by atoms with Gasteiger partial charge in [0.25, 0.3) is 0 Å². The molecule has 18 heavy (non-hydrogen) atoms. The van der Waals surface area contributed by atoms with Crippen LogP contribution in [0.25, 0.3) is 0 Å². The van der Waals surface area contributed by atoms with Gasteiger partial charge in [0.2, 0.25) is 0 Å². The van der Waals surface area contributed by atoms with Gasteiger partial charge in [0.15, 0.2) is 0 Å². The lowest BCUT2D eigenvalue weighted by atomic mass is 10.2. The number of anilines is 1. The smallest absolute Gasteiger partial charge is 0.0717 e. The zero-order chi connectivity index (χ0) is 13.0. The first-order valence-electron chi connectivity index (χ1n) is 5.70. The zero-order valence-corrected chi connectivity index (χ0v) is 11.8. The van der Waals surface area contributed by atoms with E-state index in [0.29, 0.717) is 0 Å². The molecule has 2 aromatic rings. The molecular formula is C14H15BrN2O. The maximum absolute atomic E-state index is 9.30. The second-order valence-corrected chi connectivity index (χ2v) is 5.06. The summed E-state index contributed by atoms with van der Waals surface area (Å²) < 4.78 is 1.08. The SMILES string of the molecule is CN(Cc1ccc(Br)cc1)c1ccncc1CO. The van der Waals surface area contributed by atoms with E-state index in [1.165, 1.54) is 5.56 Å². The second-order valence-electron chi connectivity index (χ2n) is 4.15. The first kappa shape index (κ1) is 13.1. The molecule has 0 atom stereocenters. The quantitative estimate of drug-likeness (QED) is 0.943. The van der Waals surface area contributed by atoms with Crippen LogP contribution in [0.2, 0.25) is 0 Å². The Labute approximate surface area is 115 Å². The second kappa shape index (κ2) is 5.98. The molecule has 0 aliphatic carbocycles. The van der Waals surface area contributed by atoms with Crippen LogP contribution in [0.1, 0.15) is 11.1 Å². The number of aliphatic hydroxyl groups excluding tert-OH is 1. The summed E-state index contributed by atoms with van der Waals surface area (Å²) in [4.78, 5) is 6.13. The van der Waals surface area contributed by atoms with Crippen molar-refractivity contribution in [1.29, 1.82) is 0 Å². The van der Waals surface area contributed by atoms with Crippen molar-refractivity contribution in [3.8, 4) is 0 Å². The van der Waals surface area contributed by atoms with Crippen LogP contribution in [0.3, 0.4) is 0 Å². The molecule has 94 valence electrons. The molecule has 0 bridgehead atoms. The van der Waals surface area contributed by atoms with Crippen LogP contribution in [0.4, 0.5) is 5.69 Å². The normalized spacial score (nSPS) is 10.4. The third-order valence-corrected chi connectivity index (χ3v) is 3.32. The van der Waals surface area contributed by atoms with E-state index in [-0.39, 0.29) is 6.61 Å². The largest absolute Gasteiger partial charge is 0.392 e. The van der Waals surface area contributed by atoms with Crippen molar-refractivity contribution in [2.45, 2.75) is 13.2 Å².